The van der Waals surface area contributed by atoms with E-state index in [0.717, 1.165) is 23.8 Å². The normalized spacial score (nSPS) is 14.3. The average molecular weight is 170 g/mol. The van der Waals surface area contributed by atoms with Crippen LogP contribution in [0.3, 0.4) is 0 Å². The maximum absolute atomic E-state index is 10.5. The molecule has 1 heteroatoms. The summed E-state index contributed by atoms with van der Waals surface area (Å²) >= 11 is 0. The molecule has 0 saturated carbocycles. The average Bonchev–Trinajstić information content (AvgIpc) is 2.71. The molecule has 0 atom stereocenters. The Labute approximate surface area is 77.4 Å². The Bertz CT molecular complexity index is 386. The highest BCUT2D eigenvalue weighted by Gasteiger charge is 2.02. The van der Waals surface area contributed by atoms with Gasteiger partial charge in [0.1, 0.15) is 6.29 Å². The standard InChI is InChI=1S/C12H10O/c13-9-10-4-3-7-12(8-10)11-5-1-2-6-11/h1-5,7-9H,6H2. The van der Waals surface area contributed by atoms with Gasteiger partial charge in [-0.15, -0.1) is 0 Å². The van der Waals surface area contributed by atoms with Crippen molar-refractivity contribution in [2.75, 3.05) is 0 Å². The highest BCUT2D eigenvalue weighted by molar-refractivity contribution is 5.79. The van der Waals surface area contributed by atoms with Crippen LogP contribution in [0.4, 0.5) is 0 Å². The van der Waals surface area contributed by atoms with Crippen LogP contribution in [-0.2, 0) is 0 Å². The van der Waals surface area contributed by atoms with Gasteiger partial charge >= 0.3 is 0 Å². The van der Waals surface area contributed by atoms with E-state index in [1.165, 1.54) is 5.57 Å². The molecule has 1 aliphatic rings. The first-order chi connectivity index (χ1) is 6.40. The van der Waals surface area contributed by atoms with E-state index in [0.29, 0.717) is 0 Å². The number of carbonyl (C=O) groups excluding carboxylic acids is 1. The maximum Gasteiger partial charge on any atom is 0.150 e. The van der Waals surface area contributed by atoms with Gasteiger partial charge in [-0.3, -0.25) is 4.79 Å². The summed E-state index contributed by atoms with van der Waals surface area (Å²) in [5, 5.41) is 0. The summed E-state index contributed by atoms with van der Waals surface area (Å²) < 4.78 is 0. The van der Waals surface area contributed by atoms with Gasteiger partial charge in [-0.1, -0.05) is 36.4 Å². The van der Waals surface area contributed by atoms with Crippen LogP contribution < -0.4 is 0 Å². The van der Waals surface area contributed by atoms with Crippen LogP contribution in [0.1, 0.15) is 22.3 Å². The van der Waals surface area contributed by atoms with Gasteiger partial charge in [0.15, 0.2) is 0 Å². The van der Waals surface area contributed by atoms with Crippen LogP contribution in [0.5, 0.6) is 0 Å². The van der Waals surface area contributed by atoms with Crippen LogP contribution in [0, 0.1) is 0 Å². The highest BCUT2D eigenvalue weighted by Crippen LogP contribution is 2.23. The summed E-state index contributed by atoms with van der Waals surface area (Å²) in [5.74, 6) is 0. The zero-order valence-electron chi connectivity index (χ0n) is 7.23. The third kappa shape index (κ3) is 1.59. The molecule has 1 aromatic carbocycles. The molecule has 0 heterocycles. The zero-order valence-corrected chi connectivity index (χ0v) is 7.23. The highest BCUT2D eigenvalue weighted by atomic mass is 16.1. The summed E-state index contributed by atoms with van der Waals surface area (Å²) in [7, 11) is 0. The second-order valence-electron chi connectivity index (χ2n) is 3.07. The molecule has 1 aliphatic carbocycles. The number of carbonyl (C=O) groups is 1. The van der Waals surface area contributed by atoms with E-state index < -0.39 is 0 Å². The predicted octanol–water partition coefficient (Wildman–Crippen LogP) is 2.84. The number of rotatable bonds is 2. The Morgan fingerprint density at radius 1 is 1.31 bits per heavy atom. The maximum atomic E-state index is 10.5. The van der Waals surface area contributed by atoms with Crippen molar-refractivity contribution < 1.29 is 4.79 Å². The van der Waals surface area contributed by atoms with E-state index >= 15 is 0 Å². The molecule has 64 valence electrons. The number of benzene rings is 1. The minimum absolute atomic E-state index is 0.741. The van der Waals surface area contributed by atoms with E-state index in [1.54, 1.807) is 0 Å². The first-order valence-electron chi connectivity index (χ1n) is 4.31. The molecule has 0 spiro atoms. The molecule has 0 unspecified atom stereocenters. The fraction of sp³-hybridized carbons (Fsp3) is 0.0833. The summed E-state index contributed by atoms with van der Waals surface area (Å²) in [4.78, 5) is 10.5. The zero-order chi connectivity index (χ0) is 9.10. The van der Waals surface area contributed by atoms with Gasteiger partial charge < -0.3 is 0 Å². The van der Waals surface area contributed by atoms with E-state index in [1.807, 2.05) is 30.3 Å². The molecule has 0 N–H and O–H groups in total. The quantitative estimate of drug-likeness (QED) is 0.624. The number of allylic oxidation sites excluding steroid dienone is 4. The molecular formula is C12H10O. The number of aldehydes is 1. The van der Waals surface area contributed by atoms with Crippen LogP contribution >= 0.6 is 0 Å². The molecule has 1 aromatic rings. The minimum atomic E-state index is 0.741. The Morgan fingerprint density at radius 2 is 2.23 bits per heavy atom. The van der Waals surface area contributed by atoms with Gasteiger partial charge in [0.05, 0.1) is 0 Å². The predicted molar refractivity (Wildman–Crippen MR) is 53.6 cm³/mol. The third-order valence-electron chi connectivity index (χ3n) is 2.16. The molecular weight excluding hydrogens is 160 g/mol. The van der Waals surface area contributed by atoms with E-state index in [9.17, 15) is 4.79 Å². The lowest BCUT2D eigenvalue weighted by Gasteiger charge is -2.01. The Kier molecular flexibility index (Phi) is 2.09. The lowest BCUT2D eigenvalue weighted by atomic mass is 10.0. The first-order valence-corrected chi connectivity index (χ1v) is 4.31. The van der Waals surface area contributed by atoms with Crippen molar-refractivity contribution in [3.05, 3.63) is 53.6 Å². The molecule has 0 fully saturated rings. The van der Waals surface area contributed by atoms with Crippen molar-refractivity contribution in [3.63, 3.8) is 0 Å². The molecule has 2 rings (SSSR count). The molecule has 0 aliphatic heterocycles. The van der Waals surface area contributed by atoms with Crippen molar-refractivity contribution in [1.82, 2.24) is 0 Å². The summed E-state index contributed by atoms with van der Waals surface area (Å²) in [5.41, 5.74) is 3.17. The largest absolute Gasteiger partial charge is 0.298 e. The van der Waals surface area contributed by atoms with Gasteiger partial charge in [0.2, 0.25) is 0 Å². The molecule has 0 saturated heterocycles. The van der Waals surface area contributed by atoms with Crippen molar-refractivity contribution in [2.24, 2.45) is 0 Å². The van der Waals surface area contributed by atoms with E-state index in [4.69, 9.17) is 0 Å². The van der Waals surface area contributed by atoms with Gasteiger partial charge in [0.25, 0.3) is 0 Å². The first kappa shape index (κ1) is 7.99. The number of hydrogen-bond acceptors (Lipinski definition) is 1. The summed E-state index contributed by atoms with van der Waals surface area (Å²) in [6.45, 7) is 0. The topological polar surface area (TPSA) is 17.1 Å². The fourth-order valence-corrected chi connectivity index (χ4v) is 1.47. The molecule has 13 heavy (non-hydrogen) atoms. The summed E-state index contributed by atoms with van der Waals surface area (Å²) in [6.07, 6.45) is 8.10. The van der Waals surface area contributed by atoms with Gasteiger partial charge in [-0.05, 0) is 23.6 Å². The van der Waals surface area contributed by atoms with Crippen LogP contribution in [0.15, 0.2) is 42.5 Å². The molecule has 1 nitrogen and oxygen atoms in total. The smallest absolute Gasteiger partial charge is 0.150 e. The fourth-order valence-electron chi connectivity index (χ4n) is 1.47. The lowest BCUT2D eigenvalue weighted by Crippen LogP contribution is -1.84. The Morgan fingerprint density at radius 3 is 2.92 bits per heavy atom. The van der Waals surface area contributed by atoms with Crippen molar-refractivity contribution >= 4 is 11.9 Å². The molecule has 0 amide bonds. The van der Waals surface area contributed by atoms with E-state index in [-0.39, 0.29) is 0 Å². The van der Waals surface area contributed by atoms with Crippen molar-refractivity contribution in [2.45, 2.75) is 6.42 Å². The van der Waals surface area contributed by atoms with Gasteiger partial charge in [-0.25, -0.2) is 0 Å². The van der Waals surface area contributed by atoms with Gasteiger partial charge in [0, 0.05) is 5.56 Å². The molecule has 0 aromatic heterocycles. The Hall–Kier alpha value is -1.63. The summed E-state index contributed by atoms with van der Waals surface area (Å²) in [6, 6.07) is 7.69. The van der Waals surface area contributed by atoms with Crippen molar-refractivity contribution in [3.8, 4) is 0 Å². The second-order valence-corrected chi connectivity index (χ2v) is 3.07. The van der Waals surface area contributed by atoms with Crippen LogP contribution in [0.25, 0.3) is 5.57 Å². The molecule has 0 radical (unpaired) electrons. The second kappa shape index (κ2) is 3.40. The monoisotopic (exact) mass is 170 g/mol. The lowest BCUT2D eigenvalue weighted by molar-refractivity contribution is 0.112. The minimum Gasteiger partial charge on any atom is -0.298 e. The third-order valence-corrected chi connectivity index (χ3v) is 2.16. The Balaban J connectivity index is 2.35. The van der Waals surface area contributed by atoms with Crippen molar-refractivity contribution in [1.29, 1.82) is 0 Å². The van der Waals surface area contributed by atoms with E-state index in [2.05, 4.69) is 12.2 Å². The van der Waals surface area contributed by atoms with Crippen LogP contribution in [-0.4, -0.2) is 6.29 Å². The molecule has 0 bridgehead atoms. The SMILES string of the molecule is O=Cc1cccc(C2=CC=CC2)c1. The number of hydrogen-bond donors (Lipinski definition) is 0. The van der Waals surface area contributed by atoms with Crippen LogP contribution in [0.2, 0.25) is 0 Å². The van der Waals surface area contributed by atoms with Gasteiger partial charge in [-0.2, -0.15) is 0 Å².